The number of nitriles is 1. The van der Waals surface area contributed by atoms with Crippen molar-refractivity contribution in [3.8, 4) is 6.07 Å². The quantitative estimate of drug-likeness (QED) is 0.862. The molecular weight excluding hydrogens is 268 g/mol. The Labute approximate surface area is 124 Å². The molecule has 1 heterocycles. The molecule has 5 nitrogen and oxygen atoms in total. The van der Waals surface area contributed by atoms with Gasteiger partial charge in [-0.25, -0.2) is 4.79 Å². The fourth-order valence-electron chi connectivity index (χ4n) is 2.76. The molecule has 0 saturated carbocycles. The lowest BCUT2D eigenvalue weighted by atomic mass is 9.71. The Morgan fingerprint density at radius 1 is 1.38 bits per heavy atom. The second-order valence-corrected chi connectivity index (χ2v) is 6.32. The van der Waals surface area contributed by atoms with Gasteiger partial charge in [0, 0.05) is 6.54 Å². The Bertz CT molecular complexity index is 569. The van der Waals surface area contributed by atoms with Crippen molar-refractivity contribution in [3.05, 3.63) is 35.4 Å². The molecule has 1 aromatic rings. The molecular formula is C16H20N2O3. The fourth-order valence-corrected chi connectivity index (χ4v) is 2.76. The molecule has 1 fully saturated rings. The number of hydrogen-bond donors (Lipinski definition) is 1. The van der Waals surface area contributed by atoms with Gasteiger partial charge in [0.25, 0.3) is 0 Å². The highest BCUT2D eigenvalue weighted by Gasteiger charge is 2.48. The minimum Gasteiger partial charge on any atom is -0.465 e. The molecule has 0 unspecified atom stereocenters. The van der Waals surface area contributed by atoms with Crippen molar-refractivity contribution in [3.63, 3.8) is 0 Å². The van der Waals surface area contributed by atoms with Crippen LogP contribution in [0.25, 0.3) is 0 Å². The molecule has 1 aliphatic rings. The summed E-state index contributed by atoms with van der Waals surface area (Å²) in [6.07, 6.45) is -0.930. The minimum absolute atomic E-state index is 0.282. The van der Waals surface area contributed by atoms with Gasteiger partial charge in [-0.2, -0.15) is 5.26 Å². The molecule has 1 saturated heterocycles. The Morgan fingerprint density at radius 2 is 2.00 bits per heavy atom. The van der Waals surface area contributed by atoms with Crippen LogP contribution in [0.2, 0.25) is 0 Å². The molecule has 1 aliphatic heterocycles. The van der Waals surface area contributed by atoms with E-state index in [1.54, 1.807) is 12.1 Å². The predicted octanol–water partition coefficient (Wildman–Crippen LogP) is 2.81. The predicted molar refractivity (Wildman–Crippen MR) is 77.8 cm³/mol. The number of carboxylic acid groups (broad SMARTS) is 1. The van der Waals surface area contributed by atoms with E-state index >= 15 is 0 Å². The van der Waals surface area contributed by atoms with Crippen LogP contribution in [0.4, 0.5) is 4.79 Å². The van der Waals surface area contributed by atoms with Gasteiger partial charge in [-0.1, -0.05) is 32.9 Å². The zero-order chi connectivity index (χ0) is 15.7. The summed E-state index contributed by atoms with van der Waals surface area (Å²) >= 11 is 0. The van der Waals surface area contributed by atoms with Gasteiger partial charge < -0.3 is 14.7 Å². The van der Waals surface area contributed by atoms with E-state index < -0.39 is 11.7 Å². The van der Waals surface area contributed by atoms with Crippen molar-refractivity contribution in [2.75, 3.05) is 19.7 Å². The summed E-state index contributed by atoms with van der Waals surface area (Å²) in [5, 5.41) is 18.2. The Kier molecular flexibility index (Phi) is 3.93. The first kappa shape index (κ1) is 15.3. The lowest BCUT2D eigenvalue weighted by Gasteiger charge is -2.50. The number of hydrogen-bond acceptors (Lipinski definition) is 3. The first-order valence-electron chi connectivity index (χ1n) is 6.93. The van der Waals surface area contributed by atoms with Gasteiger partial charge in [0.05, 0.1) is 24.8 Å². The van der Waals surface area contributed by atoms with E-state index in [2.05, 4.69) is 6.07 Å². The highest BCUT2D eigenvalue weighted by molar-refractivity contribution is 5.65. The lowest BCUT2D eigenvalue weighted by molar-refractivity contribution is -0.166. The molecule has 0 aromatic heterocycles. The lowest BCUT2D eigenvalue weighted by Crippen LogP contribution is -2.57. The van der Waals surface area contributed by atoms with Crippen LogP contribution in [0.15, 0.2) is 24.3 Å². The topological polar surface area (TPSA) is 73.6 Å². The highest BCUT2D eigenvalue weighted by atomic mass is 16.5. The van der Waals surface area contributed by atoms with Crippen molar-refractivity contribution in [1.82, 2.24) is 4.90 Å². The van der Waals surface area contributed by atoms with Crippen molar-refractivity contribution >= 4 is 6.09 Å². The van der Waals surface area contributed by atoms with Gasteiger partial charge in [0.2, 0.25) is 0 Å². The molecule has 0 bridgehead atoms. The molecule has 1 amide bonds. The summed E-state index contributed by atoms with van der Waals surface area (Å²) in [7, 11) is 0. The van der Waals surface area contributed by atoms with E-state index in [0.29, 0.717) is 18.7 Å². The molecule has 0 spiro atoms. The van der Waals surface area contributed by atoms with Crippen molar-refractivity contribution < 1.29 is 14.6 Å². The van der Waals surface area contributed by atoms with Gasteiger partial charge in [0.15, 0.2) is 0 Å². The number of nitrogens with zero attached hydrogens (tertiary/aromatic N) is 2. The van der Waals surface area contributed by atoms with Crippen molar-refractivity contribution in [1.29, 1.82) is 5.26 Å². The summed E-state index contributed by atoms with van der Waals surface area (Å²) in [6.45, 7) is 7.15. The van der Waals surface area contributed by atoms with Crippen LogP contribution in [-0.2, 0) is 10.3 Å². The monoisotopic (exact) mass is 288 g/mol. The van der Waals surface area contributed by atoms with Gasteiger partial charge in [0.1, 0.15) is 5.60 Å². The van der Waals surface area contributed by atoms with E-state index in [1.165, 1.54) is 4.90 Å². The highest BCUT2D eigenvalue weighted by Crippen LogP contribution is 2.44. The standard InChI is InChI=1S/C16H20N2O3/c1-15(2,3)16(11-18(14(19)20)8-9-21-16)13-6-4-12(10-17)5-7-13/h4-7H,8-9,11H2,1-3H3,(H,19,20)/t16-/m1/s1. The number of morpholine rings is 1. The Balaban J connectivity index is 2.47. The fraction of sp³-hybridized carbons (Fsp3) is 0.500. The van der Waals surface area contributed by atoms with Gasteiger partial charge >= 0.3 is 6.09 Å². The zero-order valence-corrected chi connectivity index (χ0v) is 12.6. The third-order valence-electron chi connectivity index (χ3n) is 4.09. The zero-order valence-electron chi connectivity index (χ0n) is 12.6. The molecule has 2 rings (SSSR count). The van der Waals surface area contributed by atoms with E-state index in [4.69, 9.17) is 10.00 Å². The molecule has 21 heavy (non-hydrogen) atoms. The second kappa shape index (κ2) is 5.38. The Morgan fingerprint density at radius 3 is 2.48 bits per heavy atom. The summed E-state index contributed by atoms with van der Waals surface area (Å²) < 4.78 is 6.08. The Hall–Kier alpha value is -2.06. The first-order chi connectivity index (χ1) is 9.80. The van der Waals surface area contributed by atoms with Crippen LogP contribution in [0.1, 0.15) is 31.9 Å². The molecule has 0 aliphatic carbocycles. The summed E-state index contributed by atoms with van der Waals surface area (Å²) in [4.78, 5) is 12.7. The number of ether oxygens (including phenoxy) is 1. The van der Waals surface area contributed by atoms with E-state index in [9.17, 15) is 9.90 Å². The van der Waals surface area contributed by atoms with Gasteiger partial charge in [-0.05, 0) is 23.1 Å². The maximum Gasteiger partial charge on any atom is 0.407 e. The van der Waals surface area contributed by atoms with Gasteiger partial charge in [-0.15, -0.1) is 0 Å². The minimum atomic E-state index is -0.930. The molecule has 0 radical (unpaired) electrons. The van der Waals surface area contributed by atoms with Crippen LogP contribution in [-0.4, -0.2) is 35.8 Å². The number of rotatable bonds is 1. The smallest absolute Gasteiger partial charge is 0.407 e. The summed E-state index contributed by atoms with van der Waals surface area (Å²) in [5.41, 5.74) is 0.487. The average Bonchev–Trinajstić information content (AvgIpc) is 2.46. The van der Waals surface area contributed by atoms with Crippen LogP contribution in [0, 0.1) is 16.7 Å². The van der Waals surface area contributed by atoms with Gasteiger partial charge in [-0.3, -0.25) is 0 Å². The maximum absolute atomic E-state index is 11.3. The molecule has 112 valence electrons. The molecule has 1 aromatic carbocycles. The van der Waals surface area contributed by atoms with Crippen LogP contribution in [0.5, 0.6) is 0 Å². The van der Waals surface area contributed by atoms with E-state index in [-0.39, 0.29) is 12.0 Å². The van der Waals surface area contributed by atoms with E-state index in [0.717, 1.165) is 5.56 Å². The molecule has 1 N–H and O–H groups in total. The second-order valence-electron chi connectivity index (χ2n) is 6.32. The normalized spacial score (nSPS) is 22.7. The number of benzene rings is 1. The van der Waals surface area contributed by atoms with Crippen LogP contribution in [0.3, 0.4) is 0 Å². The van der Waals surface area contributed by atoms with Crippen LogP contribution < -0.4 is 0 Å². The number of carbonyl (C=O) groups is 1. The first-order valence-corrected chi connectivity index (χ1v) is 6.93. The summed E-state index contributed by atoms with van der Waals surface area (Å²) in [6, 6.07) is 9.29. The average molecular weight is 288 g/mol. The SMILES string of the molecule is CC(C)(C)[C@]1(c2ccc(C#N)cc2)CN(C(=O)O)CCO1. The van der Waals surface area contributed by atoms with Crippen molar-refractivity contribution in [2.24, 2.45) is 5.41 Å². The summed E-state index contributed by atoms with van der Waals surface area (Å²) in [5.74, 6) is 0. The third kappa shape index (κ3) is 2.72. The van der Waals surface area contributed by atoms with Crippen molar-refractivity contribution in [2.45, 2.75) is 26.4 Å². The maximum atomic E-state index is 11.3. The molecule has 5 heteroatoms. The largest absolute Gasteiger partial charge is 0.465 e. The van der Waals surface area contributed by atoms with E-state index in [1.807, 2.05) is 32.9 Å². The molecule has 1 atom stereocenters. The number of amides is 1. The van der Waals surface area contributed by atoms with Crippen LogP contribution >= 0.6 is 0 Å². The third-order valence-corrected chi connectivity index (χ3v) is 4.09.